The van der Waals surface area contributed by atoms with Crippen molar-refractivity contribution >= 4 is 15.9 Å². The van der Waals surface area contributed by atoms with Gasteiger partial charge in [-0.05, 0) is 26.7 Å². The molecule has 1 heterocycles. The van der Waals surface area contributed by atoms with Crippen molar-refractivity contribution in [2.45, 2.75) is 45.3 Å². The SMILES string of the molecule is CCCS(=O)(=O)NC(C)C(=O)N1CCC(C)(O)C1. The van der Waals surface area contributed by atoms with E-state index in [1.54, 1.807) is 13.8 Å². The predicted molar refractivity (Wildman–Crippen MR) is 68.5 cm³/mol. The molecule has 0 spiro atoms. The molecular formula is C11H22N2O4S. The molecule has 0 aromatic heterocycles. The Morgan fingerprint density at radius 1 is 1.56 bits per heavy atom. The average Bonchev–Trinajstić information content (AvgIpc) is 2.56. The molecule has 0 aromatic carbocycles. The smallest absolute Gasteiger partial charge is 0.240 e. The van der Waals surface area contributed by atoms with Crippen LogP contribution in [0.25, 0.3) is 0 Å². The molecule has 0 bridgehead atoms. The third kappa shape index (κ3) is 4.22. The van der Waals surface area contributed by atoms with Crippen molar-refractivity contribution in [3.05, 3.63) is 0 Å². The van der Waals surface area contributed by atoms with Gasteiger partial charge < -0.3 is 10.0 Å². The van der Waals surface area contributed by atoms with Gasteiger partial charge in [-0.3, -0.25) is 4.79 Å². The maximum absolute atomic E-state index is 12.0. The van der Waals surface area contributed by atoms with E-state index >= 15 is 0 Å². The Balaban J connectivity index is 2.58. The Bertz CT molecular complexity index is 405. The topological polar surface area (TPSA) is 86.7 Å². The zero-order chi connectivity index (χ0) is 14.0. The van der Waals surface area contributed by atoms with Crippen LogP contribution in [0.1, 0.15) is 33.6 Å². The van der Waals surface area contributed by atoms with E-state index in [-0.39, 0.29) is 18.2 Å². The molecule has 1 saturated heterocycles. The summed E-state index contributed by atoms with van der Waals surface area (Å²) in [5.74, 6) is -0.269. The molecule has 1 rings (SSSR count). The first-order valence-electron chi connectivity index (χ1n) is 6.18. The fourth-order valence-corrected chi connectivity index (χ4v) is 3.35. The number of sulfonamides is 1. The zero-order valence-corrected chi connectivity index (χ0v) is 12.0. The Labute approximate surface area is 108 Å². The number of carbonyl (C=O) groups excluding carboxylic acids is 1. The largest absolute Gasteiger partial charge is 0.388 e. The van der Waals surface area contributed by atoms with Gasteiger partial charge in [0.15, 0.2) is 0 Å². The van der Waals surface area contributed by atoms with Gasteiger partial charge in [0.25, 0.3) is 0 Å². The fourth-order valence-electron chi connectivity index (χ4n) is 2.05. The monoisotopic (exact) mass is 278 g/mol. The number of β-amino-alcohol motifs (C(OH)–C–C–N with tert-alkyl or cyclic N) is 1. The molecule has 0 aliphatic carbocycles. The van der Waals surface area contributed by atoms with Crippen molar-refractivity contribution in [1.29, 1.82) is 0 Å². The minimum absolute atomic E-state index is 0.0162. The molecular weight excluding hydrogens is 256 g/mol. The lowest BCUT2D eigenvalue weighted by atomic mass is 10.1. The number of amides is 1. The number of nitrogens with zero attached hydrogens (tertiary/aromatic N) is 1. The van der Waals surface area contributed by atoms with Crippen LogP contribution in [0.4, 0.5) is 0 Å². The second kappa shape index (κ2) is 5.54. The molecule has 0 saturated carbocycles. The summed E-state index contributed by atoms with van der Waals surface area (Å²) in [4.78, 5) is 13.5. The number of likely N-dealkylation sites (tertiary alicyclic amines) is 1. The van der Waals surface area contributed by atoms with E-state index in [1.807, 2.05) is 0 Å². The maximum Gasteiger partial charge on any atom is 0.240 e. The Morgan fingerprint density at radius 3 is 2.61 bits per heavy atom. The van der Waals surface area contributed by atoms with Crippen LogP contribution in [-0.4, -0.2) is 54.8 Å². The highest BCUT2D eigenvalue weighted by molar-refractivity contribution is 7.89. The maximum atomic E-state index is 12.0. The number of aliphatic hydroxyl groups is 1. The number of nitrogens with one attached hydrogen (secondary N) is 1. The van der Waals surface area contributed by atoms with Crippen LogP contribution in [0.2, 0.25) is 0 Å². The lowest BCUT2D eigenvalue weighted by Gasteiger charge is -2.22. The molecule has 1 amide bonds. The normalized spacial score (nSPS) is 26.3. The average molecular weight is 278 g/mol. The lowest BCUT2D eigenvalue weighted by molar-refractivity contribution is -0.132. The summed E-state index contributed by atoms with van der Waals surface area (Å²) in [6.45, 7) is 5.69. The van der Waals surface area contributed by atoms with E-state index in [2.05, 4.69) is 4.72 Å². The number of carbonyl (C=O) groups is 1. The number of hydrogen-bond acceptors (Lipinski definition) is 4. The third-order valence-corrected chi connectivity index (χ3v) is 4.62. The second-order valence-electron chi connectivity index (χ2n) is 5.17. The summed E-state index contributed by atoms with van der Waals surface area (Å²) < 4.78 is 25.5. The quantitative estimate of drug-likeness (QED) is 0.722. The molecule has 2 unspecified atom stereocenters. The van der Waals surface area contributed by atoms with Crippen LogP contribution >= 0.6 is 0 Å². The van der Waals surface area contributed by atoms with Crippen molar-refractivity contribution in [3.63, 3.8) is 0 Å². The minimum atomic E-state index is -3.39. The van der Waals surface area contributed by atoms with Gasteiger partial charge in [-0.1, -0.05) is 6.92 Å². The Hall–Kier alpha value is -0.660. The van der Waals surface area contributed by atoms with Gasteiger partial charge in [-0.15, -0.1) is 0 Å². The standard InChI is InChI=1S/C11H22N2O4S/c1-4-7-18(16,17)12-9(2)10(14)13-6-5-11(3,15)8-13/h9,12,15H,4-8H2,1-3H3. The van der Waals surface area contributed by atoms with E-state index in [1.165, 1.54) is 11.8 Å². The molecule has 1 aliphatic heterocycles. The summed E-state index contributed by atoms with van der Waals surface area (Å²) in [6.07, 6.45) is 1.03. The van der Waals surface area contributed by atoms with Crippen molar-refractivity contribution < 1.29 is 18.3 Å². The highest BCUT2D eigenvalue weighted by Gasteiger charge is 2.36. The van der Waals surface area contributed by atoms with Crippen LogP contribution in [0.15, 0.2) is 0 Å². The molecule has 2 atom stereocenters. The second-order valence-corrected chi connectivity index (χ2v) is 7.04. The van der Waals surface area contributed by atoms with Crippen LogP contribution in [-0.2, 0) is 14.8 Å². The molecule has 2 N–H and O–H groups in total. The van der Waals surface area contributed by atoms with Crippen LogP contribution in [0.3, 0.4) is 0 Å². The van der Waals surface area contributed by atoms with Crippen molar-refractivity contribution in [2.75, 3.05) is 18.8 Å². The van der Waals surface area contributed by atoms with Gasteiger partial charge >= 0.3 is 0 Å². The van der Waals surface area contributed by atoms with E-state index in [4.69, 9.17) is 0 Å². The van der Waals surface area contributed by atoms with E-state index in [0.717, 1.165) is 0 Å². The first kappa shape index (κ1) is 15.4. The zero-order valence-electron chi connectivity index (χ0n) is 11.1. The molecule has 18 heavy (non-hydrogen) atoms. The third-order valence-electron chi connectivity index (χ3n) is 2.96. The van der Waals surface area contributed by atoms with Crippen molar-refractivity contribution in [3.8, 4) is 0 Å². The van der Waals surface area contributed by atoms with E-state index < -0.39 is 21.7 Å². The van der Waals surface area contributed by atoms with Crippen LogP contribution < -0.4 is 4.72 Å². The summed E-state index contributed by atoms with van der Waals surface area (Å²) in [5, 5.41) is 9.78. The van der Waals surface area contributed by atoms with Gasteiger partial charge in [0, 0.05) is 13.1 Å². The molecule has 0 radical (unpaired) electrons. The summed E-state index contributed by atoms with van der Waals surface area (Å²) in [7, 11) is -3.39. The molecule has 106 valence electrons. The number of rotatable bonds is 5. The van der Waals surface area contributed by atoms with Crippen LogP contribution in [0, 0.1) is 0 Å². The fraction of sp³-hybridized carbons (Fsp3) is 0.909. The minimum Gasteiger partial charge on any atom is -0.388 e. The first-order valence-corrected chi connectivity index (χ1v) is 7.83. The van der Waals surface area contributed by atoms with Gasteiger partial charge in [0.1, 0.15) is 0 Å². The van der Waals surface area contributed by atoms with E-state index in [9.17, 15) is 18.3 Å². The number of hydrogen-bond donors (Lipinski definition) is 2. The molecule has 1 aliphatic rings. The highest BCUT2D eigenvalue weighted by atomic mass is 32.2. The van der Waals surface area contributed by atoms with Crippen LogP contribution in [0.5, 0.6) is 0 Å². The summed E-state index contributed by atoms with van der Waals surface area (Å²) in [5.41, 5.74) is -0.863. The van der Waals surface area contributed by atoms with Gasteiger partial charge in [-0.2, -0.15) is 0 Å². The van der Waals surface area contributed by atoms with Gasteiger partial charge in [0.2, 0.25) is 15.9 Å². The highest BCUT2D eigenvalue weighted by Crippen LogP contribution is 2.20. The summed E-state index contributed by atoms with van der Waals surface area (Å²) in [6, 6.07) is -0.782. The lowest BCUT2D eigenvalue weighted by Crippen LogP contribution is -2.47. The Kier molecular flexibility index (Phi) is 4.74. The first-order chi connectivity index (χ1) is 8.17. The molecule has 1 fully saturated rings. The predicted octanol–water partition coefficient (Wildman–Crippen LogP) is -0.312. The molecule has 0 aromatic rings. The van der Waals surface area contributed by atoms with Crippen molar-refractivity contribution in [1.82, 2.24) is 9.62 Å². The molecule has 6 nitrogen and oxygen atoms in total. The van der Waals surface area contributed by atoms with Crippen molar-refractivity contribution in [2.24, 2.45) is 0 Å². The Morgan fingerprint density at radius 2 is 2.17 bits per heavy atom. The van der Waals surface area contributed by atoms with E-state index in [0.29, 0.717) is 19.4 Å². The summed E-state index contributed by atoms with van der Waals surface area (Å²) >= 11 is 0. The van der Waals surface area contributed by atoms with Gasteiger partial charge in [0.05, 0.1) is 17.4 Å². The molecule has 7 heteroatoms. The van der Waals surface area contributed by atoms with Gasteiger partial charge in [-0.25, -0.2) is 13.1 Å².